The summed E-state index contributed by atoms with van der Waals surface area (Å²) in [6.45, 7) is 7.43. The first-order chi connectivity index (χ1) is 9.65. The van der Waals surface area contributed by atoms with Crippen LogP contribution in [0.3, 0.4) is 0 Å². The van der Waals surface area contributed by atoms with Crippen molar-refractivity contribution in [2.24, 2.45) is 0 Å². The van der Waals surface area contributed by atoms with Crippen molar-refractivity contribution in [3.05, 3.63) is 69.2 Å². The standard InChI is InChI=1S/C18H22BrN/c1-4-14-6-8-15(9-7-14)18(20-5-2)16-10-11-17(19)13(3)12-16/h6-12,18,20H,4-5H2,1-3H3. The van der Waals surface area contributed by atoms with Crippen LogP contribution in [0, 0.1) is 6.92 Å². The van der Waals surface area contributed by atoms with E-state index < -0.39 is 0 Å². The van der Waals surface area contributed by atoms with Gasteiger partial charge in [-0.1, -0.05) is 66.2 Å². The molecule has 0 saturated carbocycles. The van der Waals surface area contributed by atoms with E-state index >= 15 is 0 Å². The van der Waals surface area contributed by atoms with E-state index in [1.165, 1.54) is 22.3 Å². The van der Waals surface area contributed by atoms with Crippen LogP contribution in [-0.2, 0) is 6.42 Å². The van der Waals surface area contributed by atoms with Crippen molar-refractivity contribution in [1.29, 1.82) is 0 Å². The van der Waals surface area contributed by atoms with Gasteiger partial charge in [0.15, 0.2) is 0 Å². The molecule has 2 rings (SSSR count). The highest BCUT2D eigenvalue weighted by Crippen LogP contribution is 2.26. The number of rotatable bonds is 5. The van der Waals surface area contributed by atoms with E-state index in [0.717, 1.165) is 17.4 Å². The molecule has 2 heteroatoms. The second kappa shape index (κ2) is 7.05. The minimum absolute atomic E-state index is 0.262. The summed E-state index contributed by atoms with van der Waals surface area (Å²) in [4.78, 5) is 0. The molecule has 0 heterocycles. The van der Waals surface area contributed by atoms with E-state index in [-0.39, 0.29) is 6.04 Å². The molecular formula is C18H22BrN. The molecule has 0 spiro atoms. The van der Waals surface area contributed by atoms with Gasteiger partial charge in [0, 0.05) is 4.47 Å². The summed E-state index contributed by atoms with van der Waals surface area (Å²) in [6, 6.07) is 15.8. The predicted molar refractivity (Wildman–Crippen MR) is 90.2 cm³/mol. The van der Waals surface area contributed by atoms with Crippen LogP contribution in [0.2, 0.25) is 0 Å². The summed E-state index contributed by atoms with van der Waals surface area (Å²) >= 11 is 3.57. The number of halogens is 1. The van der Waals surface area contributed by atoms with Crippen molar-refractivity contribution in [2.75, 3.05) is 6.54 Å². The van der Waals surface area contributed by atoms with Gasteiger partial charge in [-0.05, 0) is 48.2 Å². The molecular weight excluding hydrogens is 310 g/mol. The van der Waals surface area contributed by atoms with Crippen molar-refractivity contribution in [3.8, 4) is 0 Å². The molecule has 1 unspecified atom stereocenters. The zero-order chi connectivity index (χ0) is 14.5. The van der Waals surface area contributed by atoms with Gasteiger partial charge in [0.2, 0.25) is 0 Å². The van der Waals surface area contributed by atoms with Crippen molar-refractivity contribution in [1.82, 2.24) is 5.32 Å². The number of benzene rings is 2. The van der Waals surface area contributed by atoms with Crippen LogP contribution in [0.15, 0.2) is 46.9 Å². The Balaban J connectivity index is 2.35. The lowest BCUT2D eigenvalue weighted by molar-refractivity contribution is 0.630. The highest BCUT2D eigenvalue weighted by Gasteiger charge is 2.13. The summed E-state index contributed by atoms with van der Waals surface area (Å²) in [6.07, 6.45) is 1.09. The Morgan fingerprint density at radius 3 is 2.20 bits per heavy atom. The minimum atomic E-state index is 0.262. The Hall–Kier alpha value is -1.12. The molecule has 0 aliphatic heterocycles. The Kier molecular flexibility index (Phi) is 5.38. The first kappa shape index (κ1) is 15.3. The van der Waals surface area contributed by atoms with Gasteiger partial charge in [-0.2, -0.15) is 0 Å². The smallest absolute Gasteiger partial charge is 0.0576 e. The molecule has 0 saturated heterocycles. The molecule has 0 radical (unpaired) electrons. The Labute approximate surface area is 130 Å². The number of hydrogen-bond donors (Lipinski definition) is 1. The van der Waals surface area contributed by atoms with Crippen molar-refractivity contribution in [3.63, 3.8) is 0 Å². The van der Waals surface area contributed by atoms with Gasteiger partial charge in [0.25, 0.3) is 0 Å². The van der Waals surface area contributed by atoms with E-state index in [1.807, 2.05) is 0 Å². The lowest BCUT2D eigenvalue weighted by atomic mass is 9.96. The summed E-state index contributed by atoms with van der Waals surface area (Å²) in [5.41, 5.74) is 5.30. The fourth-order valence-electron chi connectivity index (χ4n) is 2.43. The molecule has 0 bridgehead atoms. The maximum absolute atomic E-state index is 3.58. The average molecular weight is 332 g/mol. The minimum Gasteiger partial charge on any atom is -0.307 e. The Bertz CT molecular complexity index is 560. The molecule has 2 aromatic carbocycles. The van der Waals surface area contributed by atoms with Crippen LogP contribution in [-0.4, -0.2) is 6.54 Å². The molecule has 0 aliphatic rings. The van der Waals surface area contributed by atoms with Gasteiger partial charge < -0.3 is 5.32 Å². The van der Waals surface area contributed by atoms with Gasteiger partial charge in [-0.25, -0.2) is 0 Å². The van der Waals surface area contributed by atoms with E-state index in [2.05, 4.69) is 84.5 Å². The van der Waals surface area contributed by atoms with Crippen LogP contribution in [0.25, 0.3) is 0 Å². The average Bonchev–Trinajstić information content (AvgIpc) is 2.48. The van der Waals surface area contributed by atoms with Gasteiger partial charge in [0.05, 0.1) is 6.04 Å². The molecule has 0 amide bonds. The van der Waals surface area contributed by atoms with Crippen LogP contribution >= 0.6 is 15.9 Å². The molecule has 20 heavy (non-hydrogen) atoms. The number of nitrogens with one attached hydrogen (secondary N) is 1. The molecule has 2 aromatic rings. The molecule has 0 fully saturated rings. The van der Waals surface area contributed by atoms with E-state index in [9.17, 15) is 0 Å². The van der Waals surface area contributed by atoms with Crippen molar-refractivity contribution < 1.29 is 0 Å². The van der Waals surface area contributed by atoms with Gasteiger partial charge in [0.1, 0.15) is 0 Å². The Morgan fingerprint density at radius 2 is 1.65 bits per heavy atom. The lowest BCUT2D eigenvalue weighted by Crippen LogP contribution is -2.22. The zero-order valence-corrected chi connectivity index (χ0v) is 14.0. The Morgan fingerprint density at radius 1 is 1.00 bits per heavy atom. The monoisotopic (exact) mass is 331 g/mol. The maximum Gasteiger partial charge on any atom is 0.0576 e. The highest BCUT2D eigenvalue weighted by molar-refractivity contribution is 9.10. The normalized spacial score (nSPS) is 12.4. The summed E-state index contributed by atoms with van der Waals surface area (Å²) < 4.78 is 1.16. The van der Waals surface area contributed by atoms with Crippen molar-refractivity contribution >= 4 is 15.9 Å². The van der Waals surface area contributed by atoms with E-state index in [4.69, 9.17) is 0 Å². The summed E-state index contributed by atoms with van der Waals surface area (Å²) in [7, 11) is 0. The molecule has 0 aromatic heterocycles. The van der Waals surface area contributed by atoms with Crippen molar-refractivity contribution in [2.45, 2.75) is 33.2 Å². The van der Waals surface area contributed by atoms with Crippen LogP contribution in [0.1, 0.15) is 42.1 Å². The molecule has 0 aliphatic carbocycles. The maximum atomic E-state index is 3.58. The molecule has 1 atom stereocenters. The number of aryl methyl sites for hydroxylation is 2. The van der Waals surface area contributed by atoms with Gasteiger partial charge in [-0.15, -0.1) is 0 Å². The predicted octanol–water partition coefficient (Wildman–Crippen LogP) is 5.02. The summed E-state index contributed by atoms with van der Waals surface area (Å²) in [5, 5.41) is 3.58. The lowest BCUT2D eigenvalue weighted by Gasteiger charge is -2.20. The number of hydrogen-bond acceptors (Lipinski definition) is 1. The molecule has 106 valence electrons. The van der Waals surface area contributed by atoms with Crippen LogP contribution < -0.4 is 5.32 Å². The molecule has 1 N–H and O–H groups in total. The third-order valence-electron chi connectivity index (χ3n) is 3.64. The third-order valence-corrected chi connectivity index (χ3v) is 4.53. The fraction of sp³-hybridized carbons (Fsp3) is 0.333. The second-order valence-electron chi connectivity index (χ2n) is 5.09. The van der Waals surface area contributed by atoms with Gasteiger partial charge in [-0.3, -0.25) is 0 Å². The molecule has 1 nitrogen and oxygen atoms in total. The fourth-order valence-corrected chi connectivity index (χ4v) is 2.67. The van der Waals surface area contributed by atoms with Crippen LogP contribution in [0.4, 0.5) is 0 Å². The van der Waals surface area contributed by atoms with E-state index in [0.29, 0.717) is 0 Å². The topological polar surface area (TPSA) is 12.0 Å². The third kappa shape index (κ3) is 3.50. The zero-order valence-electron chi connectivity index (χ0n) is 12.4. The largest absolute Gasteiger partial charge is 0.307 e. The first-order valence-corrected chi connectivity index (χ1v) is 8.03. The highest BCUT2D eigenvalue weighted by atomic mass is 79.9. The first-order valence-electron chi connectivity index (χ1n) is 7.24. The quantitative estimate of drug-likeness (QED) is 0.811. The van der Waals surface area contributed by atoms with Crippen LogP contribution in [0.5, 0.6) is 0 Å². The summed E-state index contributed by atoms with van der Waals surface area (Å²) in [5.74, 6) is 0. The SMILES string of the molecule is CCNC(c1ccc(CC)cc1)c1ccc(Br)c(C)c1. The van der Waals surface area contributed by atoms with Gasteiger partial charge >= 0.3 is 0 Å². The second-order valence-corrected chi connectivity index (χ2v) is 5.95. The van der Waals surface area contributed by atoms with E-state index in [1.54, 1.807) is 0 Å².